The number of likely N-dealkylation sites (tertiary alicyclic amines) is 1. The first-order valence-corrected chi connectivity index (χ1v) is 11.7. The summed E-state index contributed by atoms with van der Waals surface area (Å²) in [6.45, 7) is 4.27. The van der Waals surface area contributed by atoms with E-state index >= 15 is 0 Å². The Morgan fingerprint density at radius 3 is 2.59 bits per heavy atom. The van der Waals surface area contributed by atoms with E-state index in [-0.39, 0.29) is 5.60 Å². The molecule has 0 aromatic carbocycles. The highest BCUT2D eigenvalue weighted by Gasteiger charge is 2.41. The maximum absolute atomic E-state index is 6.30. The Bertz CT molecular complexity index is 1310. The Labute approximate surface area is 197 Å². The minimum absolute atomic E-state index is 0.203. The van der Waals surface area contributed by atoms with Crippen LogP contribution in [-0.2, 0) is 0 Å². The van der Waals surface area contributed by atoms with E-state index in [1.807, 2.05) is 24.5 Å². The molecule has 10 nitrogen and oxygen atoms in total. The monoisotopic (exact) mass is 457 g/mol. The van der Waals surface area contributed by atoms with E-state index in [2.05, 4.69) is 43.9 Å². The van der Waals surface area contributed by atoms with Gasteiger partial charge >= 0.3 is 0 Å². The highest BCUT2D eigenvalue weighted by atomic mass is 16.5. The molecule has 2 aliphatic rings. The van der Waals surface area contributed by atoms with E-state index in [9.17, 15) is 0 Å². The van der Waals surface area contributed by atoms with Gasteiger partial charge < -0.3 is 15.0 Å². The smallest absolute Gasteiger partial charge is 0.246 e. The fraction of sp³-hybridized carbons (Fsp3) is 0.417. The van der Waals surface area contributed by atoms with Crippen LogP contribution in [0.5, 0.6) is 5.88 Å². The van der Waals surface area contributed by atoms with Gasteiger partial charge in [0.25, 0.3) is 0 Å². The van der Waals surface area contributed by atoms with Crippen molar-refractivity contribution in [3.8, 4) is 17.1 Å². The van der Waals surface area contributed by atoms with Crippen molar-refractivity contribution < 1.29 is 4.74 Å². The summed E-state index contributed by atoms with van der Waals surface area (Å²) in [5, 5.41) is 7.90. The van der Waals surface area contributed by atoms with E-state index in [0.717, 1.165) is 55.7 Å². The van der Waals surface area contributed by atoms with Crippen molar-refractivity contribution in [1.29, 1.82) is 0 Å². The number of fused-ring (bicyclic) bond motifs is 1. The number of hydrogen-bond donors (Lipinski definition) is 1. The number of hydrogen-bond acceptors (Lipinski definition) is 9. The lowest BCUT2D eigenvalue weighted by molar-refractivity contribution is 0.194. The highest BCUT2D eigenvalue weighted by Crippen LogP contribution is 2.41. The van der Waals surface area contributed by atoms with Crippen LogP contribution in [0.4, 0.5) is 11.6 Å². The van der Waals surface area contributed by atoms with Crippen molar-refractivity contribution in [2.45, 2.75) is 44.2 Å². The minimum Gasteiger partial charge on any atom is -0.470 e. The number of aromatic nitrogens is 7. The van der Waals surface area contributed by atoms with E-state index < -0.39 is 0 Å². The highest BCUT2D eigenvalue weighted by molar-refractivity contribution is 5.83. The van der Waals surface area contributed by atoms with Gasteiger partial charge in [-0.2, -0.15) is 10.1 Å². The molecule has 0 radical (unpaired) electrons. The predicted octanol–water partition coefficient (Wildman–Crippen LogP) is 3.62. The quantitative estimate of drug-likeness (QED) is 0.464. The molecule has 4 aromatic rings. The molecule has 0 unspecified atom stereocenters. The van der Waals surface area contributed by atoms with Gasteiger partial charge in [0.2, 0.25) is 11.8 Å². The summed E-state index contributed by atoms with van der Waals surface area (Å²) in [6, 6.07) is 4.27. The van der Waals surface area contributed by atoms with E-state index in [1.54, 1.807) is 12.4 Å². The molecule has 0 bridgehead atoms. The normalized spacial score (nSPS) is 18.2. The number of nitrogens with zero attached hydrogens (tertiary/aromatic N) is 8. The minimum atomic E-state index is -0.203. The van der Waals surface area contributed by atoms with Crippen molar-refractivity contribution in [3.63, 3.8) is 0 Å². The van der Waals surface area contributed by atoms with Crippen LogP contribution in [0, 0.1) is 0 Å². The maximum Gasteiger partial charge on any atom is 0.246 e. The summed E-state index contributed by atoms with van der Waals surface area (Å²) < 4.78 is 8.35. The van der Waals surface area contributed by atoms with Gasteiger partial charge in [-0.3, -0.25) is 4.68 Å². The third-order valence-corrected chi connectivity index (χ3v) is 6.58. The van der Waals surface area contributed by atoms with E-state index in [0.29, 0.717) is 28.9 Å². The van der Waals surface area contributed by atoms with Crippen LogP contribution < -0.4 is 10.1 Å². The van der Waals surface area contributed by atoms with Gasteiger partial charge in [-0.05, 0) is 64.9 Å². The van der Waals surface area contributed by atoms with Crippen LogP contribution in [-0.4, -0.2) is 65.3 Å². The first kappa shape index (κ1) is 20.9. The lowest BCUT2D eigenvalue weighted by Gasteiger charge is -2.28. The van der Waals surface area contributed by atoms with Gasteiger partial charge in [-0.15, -0.1) is 0 Å². The zero-order valence-electron chi connectivity index (χ0n) is 19.3. The summed E-state index contributed by atoms with van der Waals surface area (Å²) >= 11 is 0. The molecule has 5 heterocycles. The van der Waals surface area contributed by atoms with Crippen molar-refractivity contribution in [1.82, 2.24) is 39.6 Å². The standard InChI is InChI=1S/C24H27N9O/c1-24(7-8-24)34-22-21-20(4-3-19(29-21)16-11-25-15-26-12-16)30-23(31-22)28-17-13-27-33(14-17)18-5-9-32(2)10-6-18/h3-4,11-15,18H,5-10H2,1-2H3,(H,28,30,31). The first-order chi connectivity index (χ1) is 16.5. The molecular formula is C24H27N9O. The molecule has 0 spiro atoms. The summed E-state index contributed by atoms with van der Waals surface area (Å²) in [7, 11) is 2.16. The fourth-order valence-electron chi connectivity index (χ4n) is 4.21. The van der Waals surface area contributed by atoms with Crippen molar-refractivity contribution in [3.05, 3.63) is 43.2 Å². The number of rotatable bonds is 6. The summed E-state index contributed by atoms with van der Waals surface area (Å²) in [5.74, 6) is 0.946. The average Bonchev–Trinajstić information content (AvgIpc) is 3.40. The Balaban J connectivity index is 1.31. The lowest BCUT2D eigenvalue weighted by Crippen LogP contribution is -2.31. The largest absolute Gasteiger partial charge is 0.470 e. The van der Waals surface area contributed by atoms with Gasteiger partial charge in [0.15, 0.2) is 5.52 Å². The third kappa shape index (κ3) is 4.28. The molecule has 34 heavy (non-hydrogen) atoms. The molecule has 2 fully saturated rings. The Hall–Kier alpha value is -3.66. The molecule has 1 saturated carbocycles. The van der Waals surface area contributed by atoms with Crippen LogP contribution in [0.25, 0.3) is 22.3 Å². The zero-order valence-corrected chi connectivity index (χ0v) is 19.3. The van der Waals surface area contributed by atoms with E-state index in [4.69, 9.17) is 19.7 Å². The molecular weight excluding hydrogens is 430 g/mol. The SMILES string of the molecule is CN1CCC(n2cc(Nc3nc(OC4(C)CC4)c4nc(-c5cncnc5)ccc4n3)cn2)CC1. The lowest BCUT2D eigenvalue weighted by atomic mass is 10.1. The number of ether oxygens (including phenoxy) is 1. The first-order valence-electron chi connectivity index (χ1n) is 11.7. The zero-order chi connectivity index (χ0) is 23.1. The van der Waals surface area contributed by atoms with Gasteiger partial charge in [0, 0.05) is 24.2 Å². The Kier molecular flexibility index (Phi) is 5.09. The predicted molar refractivity (Wildman–Crippen MR) is 128 cm³/mol. The number of anilines is 2. The number of piperidine rings is 1. The number of pyridine rings is 1. The molecule has 6 rings (SSSR count). The molecule has 10 heteroatoms. The van der Waals surface area contributed by atoms with Crippen molar-refractivity contribution in [2.75, 3.05) is 25.5 Å². The van der Waals surface area contributed by atoms with Crippen LogP contribution >= 0.6 is 0 Å². The van der Waals surface area contributed by atoms with Crippen LogP contribution in [0.2, 0.25) is 0 Å². The second-order valence-electron chi connectivity index (χ2n) is 9.46. The topological polar surface area (TPSA) is 107 Å². The summed E-state index contributed by atoms with van der Waals surface area (Å²) in [6.07, 6.45) is 13.0. The second-order valence-corrected chi connectivity index (χ2v) is 9.46. The number of nitrogens with one attached hydrogen (secondary N) is 1. The summed E-state index contributed by atoms with van der Waals surface area (Å²) in [5.41, 5.74) is 3.57. The van der Waals surface area contributed by atoms with Gasteiger partial charge in [0.05, 0.1) is 29.1 Å². The van der Waals surface area contributed by atoms with Gasteiger partial charge in [-0.25, -0.2) is 19.9 Å². The van der Waals surface area contributed by atoms with Crippen LogP contribution in [0.1, 0.15) is 38.6 Å². The molecule has 1 aliphatic carbocycles. The molecule has 1 N–H and O–H groups in total. The van der Waals surface area contributed by atoms with Crippen LogP contribution in [0.3, 0.4) is 0 Å². The molecule has 1 saturated heterocycles. The third-order valence-electron chi connectivity index (χ3n) is 6.58. The average molecular weight is 458 g/mol. The summed E-state index contributed by atoms with van der Waals surface area (Å²) in [4.78, 5) is 24.8. The Morgan fingerprint density at radius 1 is 1.03 bits per heavy atom. The fourth-order valence-corrected chi connectivity index (χ4v) is 4.21. The maximum atomic E-state index is 6.30. The molecule has 4 aromatic heterocycles. The molecule has 174 valence electrons. The molecule has 1 aliphatic heterocycles. The van der Waals surface area contributed by atoms with Crippen molar-refractivity contribution in [2.24, 2.45) is 0 Å². The van der Waals surface area contributed by atoms with Gasteiger partial charge in [0.1, 0.15) is 11.9 Å². The van der Waals surface area contributed by atoms with Gasteiger partial charge in [-0.1, -0.05) is 0 Å². The Morgan fingerprint density at radius 2 is 1.82 bits per heavy atom. The molecule has 0 amide bonds. The van der Waals surface area contributed by atoms with E-state index in [1.165, 1.54) is 6.33 Å². The molecule has 0 atom stereocenters. The second kappa shape index (κ2) is 8.28. The van der Waals surface area contributed by atoms with Crippen molar-refractivity contribution >= 4 is 22.7 Å². The van der Waals surface area contributed by atoms with Crippen LogP contribution in [0.15, 0.2) is 43.2 Å².